The molecule has 8 nitrogen and oxygen atoms in total. The zero-order valence-corrected chi connectivity index (χ0v) is 19.3. The first-order chi connectivity index (χ1) is 16.7. The van der Waals surface area contributed by atoms with E-state index in [2.05, 4.69) is 57.4 Å². The molecule has 172 valence electrons. The summed E-state index contributed by atoms with van der Waals surface area (Å²) in [6.07, 6.45) is 5.74. The minimum absolute atomic E-state index is 0.691. The van der Waals surface area contributed by atoms with Gasteiger partial charge in [-0.1, -0.05) is 12.1 Å². The molecule has 0 saturated carbocycles. The third kappa shape index (κ3) is 3.66. The minimum Gasteiger partial charge on any atom is -0.495 e. The van der Waals surface area contributed by atoms with Crippen LogP contribution in [0.15, 0.2) is 60.0 Å². The number of morpholine rings is 1. The maximum absolute atomic E-state index is 5.72. The van der Waals surface area contributed by atoms with Gasteiger partial charge in [0, 0.05) is 60.3 Å². The van der Waals surface area contributed by atoms with E-state index in [1.165, 1.54) is 11.1 Å². The van der Waals surface area contributed by atoms with E-state index in [1.807, 2.05) is 22.9 Å². The maximum atomic E-state index is 5.72. The van der Waals surface area contributed by atoms with E-state index in [4.69, 9.17) is 14.5 Å². The number of rotatable bonds is 5. The SMILES string of the molecule is COc1cc(Nc2nc(-c3ccc4c(c3)CN=C4C)cn3ccnc23)ccc1N1CCOCC1. The quantitative estimate of drug-likeness (QED) is 0.484. The number of aromatic nitrogens is 3. The number of anilines is 3. The lowest BCUT2D eigenvalue weighted by atomic mass is 10.0. The fourth-order valence-electron chi connectivity index (χ4n) is 4.64. The molecular formula is C26H26N6O2. The maximum Gasteiger partial charge on any atom is 0.180 e. The second-order valence-corrected chi connectivity index (χ2v) is 8.52. The summed E-state index contributed by atoms with van der Waals surface area (Å²) in [5.41, 5.74) is 8.20. The average Bonchev–Trinajstić information content (AvgIpc) is 3.51. The summed E-state index contributed by atoms with van der Waals surface area (Å²) < 4.78 is 13.2. The van der Waals surface area contributed by atoms with Gasteiger partial charge in [0.05, 0.1) is 38.2 Å². The molecule has 1 saturated heterocycles. The lowest BCUT2D eigenvalue weighted by molar-refractivity contribution is 0.122. The monoisotopic (exact) mass is 454 g/mol. The molecule has 2 aliphatic heterocycles. The van der Waals surface area contributed by atoms with Crippen LogP contribution in [0, 0.1) is 0 Å². The van der Waals surface area contributed by atoms with Crippen molar-refractivity contribution < 1.29 is 9.47 Å². The van der Waals surface area contributed by atoms with Gasteiger partial charge in [0.2, 0.25) is 0 Å². The first kappa shape index (κ1) is 20.7. The van der Waals surface area contributed by atoms with Gasteiger partial charge in [-0.3, -0.25) is 4.99 Å². The first-order valence-electron chi connectivity index (χ1n) is 11.5. The van der Waals surface area contributed by atoms with Gasteiger partial charge in [0.15, 0.2) is 11.5 Å². The smallest absolute Gasteiger partial charge is 0.180 e. The third-order valence-electron chi connectivity index (χ3n) is 6.45. The van der Waals surface area contributed by atoms with Gasteiger partial charge in [-0.05, 0) is 30.7 Å². The molecule has 2 aliphatic rings. The summed E-state index contributed by atoms with van der Waals surface area (Å²) in [5, 5.41) is 3.47. The molecule has 0 atom stereocenters. The largest absolute Gasteiger partial charge is 0.495 e. The van der Waals surface area contributed by atoms with E-state index in [0.717, 1.165) is 72.6 Å². The average molecular weight is 455 g/mol. The number of nitrogens with one attached hydrogen (secondary N) is 1. The Balaban J connectivity index is 1.35. The van der Waals surface area contributed by atoms with Crippen molar-refractivity contribution in [1.29, 1.82) is 0 Å². The van der Waals surface area contributed by atoms with Gasteiger partial charge in [0.1, 0.15) is 5.75 Å². The second kappa shape index (κ2) is 8.46. The van der Waals surface area contributed by atoms with Crippen molar-refractivity contribution in [1.82, 2.24) is 14.4 Å². The Bertz CT molecular complexity index is 1400. The summed E-state index contributed by atoms with van der Waals surface area (Å²) in [4.78, 5) is 16.3. The predicted molar refractivity (Wildman–Crippen MR) is 134 cm³/mol. The van der Waals surface area contributed by atoms with E-state index >= 15 is 0 Å². The standard InChI is InChI=1S/C26H26N6O2/c1-17-21-5-3-18(13-19(21)15-28-17)22-16-32-8-7-27-26(32)25(30-22)29-20-4-6-23(24(14-20)33-2)31-9-11-34-12-10-31/h3-8,13-14,16H,9-12,15H2,1-2H3,(H,29,30). The number of methoxy groups -OCH3 is 1. The van der Waals surface area contributed by atoms with Crippen LogP contribution in [-0.4, -0.2) is 53.5 Å². The Kier molecular flexibility index (Phi) is 5.15. The molecule has 0 bridgehead atoms. The van der Waals surface area contributed by atoms with Crippen LogP contribution in [0.4, 0.5) is 17.2 Å². The topological polar surface area (TPSA) is 76.3 Å². The van der Waals surface area contributed by atoms with Crippen LogP contribution >= 0.6 is 0 Å². The lowest BCUT2D eigenvalue weighted by Gasteiger charge is -2.30. The van der Waals surface area contributed by atoms with Crippen LogP contribution in [-0.2, 0) is 11.3 Å². The normalized spacial score (nSPS) is 15.4. The van der Waals surface area contributed by atoms with Crippen LogP contribution in [0.1, 0.15) is 18.1 Å². The number of aliphatic imine (C=N–C) groups is 1. The predicted octanol–water partition coefficient (Wildman–Crippen LogP) is 4.31. The van der Waals surface area contributed by atoms with Crippen molar-refractivity contribution in [2.24, 2.45) is 4.99 Å². The third-order valence-corrected chi connectivity index (χ3v) is 6.45. The van der Waals surface area contributed by atoms with Crippen molar-refractivity contribution in [2.45, 2.75) is 13.5 Å². The zero-order chi connectivity index (χ0) is 23.1. The molecule has 0 spiro atoms. The Morgan fingerprint density at radius 1 is 1.09 bits per heavy atom. The fraction of sp³-hybridized carbons (Fsp3) is 0.269. The van der Waals surface area contributed by atoms with Crippen LogP contribution in [0.3, 0.4) is 0 Å². The highest BCUT2D eigenvalue weighted by molar-refractivity contribution is 6.02. The van der Waals surface area contributed by atoms with Crippen molar-refractivity contribution in [2.75, 3.05) is 43.6 Å². The molecule has 0 aliphatic carbocycles. The van der Waals surface area contributed by atoms with E-state index in [9.17, 15) is 0 Å². The summed E-state index contributed by atoms with van der Waals surface area (Å²) in [5.74, 6) is 1.51. The van der Waals surface area contributed by atoms with Gasteiger partial charge in [0.25, 0.3) is 0 Å². The molecular weight excluding hydrogens is 428 g/mol. The molecule has 2 aromatic carbocycles. The minimum atomic E-state index is 0.691. The van der Waals surface area contributed by atoms with E-state index < -0.39 is 0 Å². The van der Waals surface area contributed by atoms with Crippen molar-refractivity contribution in [3.63, 3.8) is 0 Å². The van der Waals surface area contributed by atoms with Crippen molar-refractivity contribution in [3.05, 3.63) is 66.1 Å². The van der Waals surface area contributed by atoms with Gasteiger partial charge in [-0.2, -0.15) is 0 Å². The highest BCUT2D eigenvalue weighted by atomic mass is 16.5. The fourth-order valence-corrected chi connectivity index (χ4v) is 4.64. The van der Waals surface area contributed by atoms with Gasteiger partial charge in [-0.15, -0.1) is 0 Å². The summed E-state index contributed by atoms with van der Waals surface area (Å²) in [6.45, 7) is 5.95. The number of hydrogen-bond acceptors (Lipinski definition) is 7. The number of ether oxygens (including phenoxy) is 2. The number of nitrogens with zero attached hydrogens (tertiary/aromatic N) is 5. The Morgan fingerprint density at radius 2 is 1.97 bits per heavy atom. The zero-order valence-electron chi connectivity index (χ0n) is 19.3. The van der Waals surface area contributed by atoms with Gasteiger partial charge < -0.3 is 24.1 Å². The van der Waals surface area contributed by atoms with E-state index in [0.29, 0.717) is 5.82 Å². The Labute approximate surface area is 197 Å². The van der Waals surface area contributed by atoms with Crippen LogP contribution in [0.5, 0.6) is 5.75 Å². The first-order valence-corrected chi connectivity index (χ1v) is 11.5. The molecule has 1 fully saturated rings. The summed E-state index contributed by atoms with van der Waals surface area (Å²) in [6, 6.07) is 12.6. The number of imidazole rings is 1. The molecule has 6 rings (SSSR count). The van der Waals surface area contributed by atoms with Crippen LogP contribution in [0.2, 0.25) is 0 Å². The second-order valence-electron chi connectivity index (χ2n) is 8.52. The molecule has 2 aromatic heterocycles. The molecule has 0 radical (unpaired) electrons. The molecule has 4 aromatic rings. The molecule has 0 unspecified atom stereocenters. The Morgan fingerprint density at radius 3 is 2.82 bits per heavy atom. The molecule has 4 heterocycles. The van der Waals surface area contributed by atoms with Crippen LogP contribution in [0.25, 0.3) is 16.9 Å². The summed E-state index contributed by atoms with van der Waals surface area (Å²) >= 11 is 0. The molecule has 34 heavy (non-hydrogen) atoms. The highest BCUT2D eigenvalue weighted by Gasteiger charge is 2.18. The summed E-state index contributed by atoms with van der Waals surface area (Å²) in [7, 11) is 1.70. The van der Waals surface area contributed by atoms with Crippen molar-refractivity contribution in [3.8, 4) is 17.0 Å². The number of benzene rings is 2. The lowest BCUT2D eigenvalue weighted by Crippen LogP contribution is -2.36. The van der Waals surface area contributed by atoms with Gasteiger partial charge in [-0.25, -0.2) is 9.97 Å². The molecule has 8 heteroatoms. The Hall–Kier alpha value is -3.91. The molecule has 0 amide bonds. The van der Waals surface area contributed by atoms with Gasteiger partial charge >= 0.3 is 0 Å². The molecule has 1 N–H and O–H groups in total. The van der Waals surface area contributed by atoms with Crippen LogP contribution < -0.4 is 15.0 Å². The van der Waals surface area contributed by atoms with Crippen molar-refractivity contribution >= 4 is 28.6 Å². The van der Waals surface area contributed by atoms with E-state index in [1.54, 1.807) is 13.3 Å². The number of hydrogen-bond donors (Lipinski definition) is 1. The number of fused-ring (bicyclic) bond motifs is 2. The highest BCUT2D eigenvalue weighted by Crippen LogP contribution is 2.34. The van der Waals surface area contributed by atoms with E-state index in [-0.39, 0.29) is 0 Å².